The van der Waals surface area contributed by atoms with Crippen molar-refractivity contribution in [1.82, 2.24) is 10.3 Å². The monoisotopic (exact) mass is 266 g/mol. The fourth-order valence-corrected chi connectivity index (χ4v) is 2.29. The van der Waals surface area contributed by atoms with Crippen molar-refractivity contribution in [1.29, 1.82) is 0 Å². The summed E-state index contributed by atoms with van der Waals surface area (Å²) in [5.41, 5.74) is 1.65. The van der Waals surface area contributed by atoms with Crippen LogP contribution in [0.25, 0.3) is 0 Å². The average Bonchev–Trinajstić information content (AvgIpc) is 2.82. The zero-order valence-corrected chi connectivity index (χ0v) is 10.6. The van der Waals surface area contributed by atoms with Crippen LogP contribution in [-0.2, 0) is 6.42 Å². The highest BCUT2D eigenvalue weighted by Crippen LogP contribution is 2.13. The molecule has 2 heterocycles. The molecule has 0 saturated carbocycles. The zero-order valence-electron chi connectivity index (χ0n) is 9.02. The Bertz CT molecular complexity index is 499. The highest BCUT2D eigenvalue weighted by molar-refractivity contribution is 7.07. The average molecular weight is 267 g/mol. The number of nitrogens with one attached hydrogen (secondary N) is 1. The van der Waals surface area contributed by atoms with E-state index in [1.54, 1.807) is 23.6 Å². The van der Waals surface area contributed by atoms with Crippen molar-refractivity contribution in [2.75, 3.05) is 6.54 Å². The van der Waals surface area contributed by atoms with E-state index in [0.717, 1.165) is 6.42 Å². The minimum Gasteiger partial charge on any atom is -0.352 e. The maximum atomic E-state index is 11.8. The first-order valence-electron chi connectivity index (χ1n) is 5.16. The fourth-order valence-electron chi connectivity index (χ4n) is 1.40. The van der Waals surface area contributed by atoms with E-state index in [4.69, 9.17) is 11.6 Å². The number of carbonyl (C=O) groups is 1. The molecule has 2 aromatic heterocycles. The number of amides is 1. The third-order valence-electron chi connectivity index (χ3n) is 2.29. The normalized spacial score (nSPS) is 10.2. The molecular formula is C12H11ClN2OS. The van der Waals surface area contributed by atoms with Crippen LogP contribution in [0.4, 0.5) is 0 Å². The summed E-state index contributed by atoms with van der Waals surface area (Å²) in [5, 5.41) is 7.34. The summed E-state index contributed by atoms with van der Waals surface area (Å²) >= 11 is 7.55. The van der Waals surface area contributed by atoms with Gasteiger partial charge >= 0.3 is 0 Å². The van der Waals surface area contributed by atoms with E-state index in [-0.39, 0.29) is 5.91 Å². The van der Waals surface area contributed by atoms with Crippen molar-refractivity contribution in [2.45, 2.75) is 6.42 Å². The van der Waals surface area contributed by atoms with Gasteiger partial charge in [0.2, 0.25) is 0 Å². The molecule has 0 saturated heterocycles. The standard InChI is InChI=1S/C12H11ClN2OS/c13-11-2-4-14-7-10(11)12(16)15-5-1-9-3-6-17-8-9/h2-4,6-8H,1,5H2,(H,15,16). The van der Waals surface area contributed by atoms with E-state index in [1.807, 2.05) is 11.4 Å². The van der Waals surface area contributed by atoms with E-state index in [1.165, 1.54) is 11.8 Å². The van der Waals surface area contributed by atoms with Crippen molar-refractivity contribution < 1.29 is 4.79 Å². The van der Waals surface area contributed by atoms with Gasteiger partial charge in [0.05, 0.1) is 10.6 Å². The van der Waals surface area contributed by atoms with Crippen LogP contribution in [0.3, 0.4) is 0 Å². The minimum atomic E-state index is -0.182. The first-order valence-corrected chi connectivity index (χ1v) is 6.48. The van der Waals surface area contributed by atoms with Gasteiger partial charge in [0.15, 0.2) is 0 Å². The molecule has 0 aliphatic rings. The van der Waals surface area contributed by atoms with Gasteiger partial charge in [-0.05, 0) is 34.9 Å². The molecule has 0 radical (unpaired) electrons. The van der Waals surface area contributed by atoms with Crippen molar-refractivity contribution in [3.63, 3.8) is 0 Å². The SMILES string of the molecule is O=C(NCCc1ccsc1)c1cnccc1Cl. The Morgan fingerprint density at radius 1 is 1.47 bits per heavy atom. The van der Waals surface area contributed by atoms with Gasteiger partial charge in [-0.1, -0.05) is 11.6 Å². The number of rotatable bonds is 4. The van der Waals surface area contributed by atoms with Crippen LogP contribution in [0, 0.1) is 0 Å². The lowest BCUT2D eigenvalue weighted by atomic mass is 10.2. The second kappa shape index (κ2) is 5.80. The largest absolute Gasteiger partial charge is 0.352 e. The molecule has 1 amide bonds. The van der Waals surface area contributed by atoms with Gasteiger partial charge in [0, 0.05) is 18.9 Å². The van der Waals surface area contributed by atoms with E-state index in [9.17, 15) is 4.79 Å². The van der Waals surface area contributed by atoms with E-state index >= 15 is 0 Å². The number of carbonyl (C=O) groups excluding carboxylic acids is 1. The number of nitrogens with zero attached hydrogens (tertiary/aromatic N) is 1. The molecule has 0 bridgehead atoms. The molecule has 3 nitrogen and oxygen atoms in total. The van der Waals surface area contributed by atoms with E-state index < -0.39 is 0 Å². The van der Waals surface area contributed by atoms with Crippen molar-refractivity contribution >= 4 is 28.8 Å². The summed E-state index contributed by atoms with van der Waals surface area (Å²) in [4.78, 5) is 15.6. The molecule has 0 aliphatic carbocycles. The van der Waals surface area contributed by atoms with Crippen LogP contribution in [0.1, 0.15) is 15.9 Å². The molecule has 2 aromatic rings. The predicted octanol–water partition coefficient (Wildman–Crippen LogP) is 2.77. The predicted molar refractivity (Wildman–Crippen MR) is 69.6 cm³/mol. The summed E-state index contributed by atoms with van der Waals surface area (Å²) < 4.78 is 0. The second-order valence-corrected chi connectivity index (χ2v) is 4.68. The molecule has 0 unspecified atom stereocenters. The smallest absolute Gasteiger partial charge is 0.254 e. The molecule has 88 valence electrons. The van der Waals surface area contributed by atoms with Crippen LogP contribution in [0.5, 0.6) is 0 Å². The van der Waals surface area contributed by atoms with Crippen molar-refractivity contribution in [2.24, 2.45) is 0 Å². The van der Waals surface area contributed by atoms with E-state index in [0.29, 0.717) is 17.1 Å². The summed E-state index contributed by atoms with van der Waals surface area (Å²) in [6, 6.07) is 3.66. The van der Waals surface area contributed by atoms with Crippen LogP contribution < -0.4 is 5.32 Å². The summed E-state index contributed by atoms with van der Waals surface area (Å²) in [6.45, 7) is 0.598. The third-order valence-corrected chi connectivity index (χ3v) is 3.35. The number of halogens is 1. The number of hydrogen-bond acceptors (Lipinski definition) is 3. The van der Waals surface area contributed by atoms with Crippen LogP contribution in [0.15, 0.2) is 35.3 Å². The molecule has 2 rings (SSSR count). The van der Waals surface area contributed by atoms with Gasteiger partial charge in [-0.25, -0.2) is 0 Å². The Hall–Kier alpha value is -1.39. The summed E-state index contributed by atoms with van der Waals surface area (Å²) in [7, 11) is 0. The molecule has 17 heavy (non-hydrogen) atoms. The second-order valence-electron chi connectivity index (χ2n) is 3.49. The van der Waals surface area contributed by atoms with E-state index in [2.05, 4.69) is 15.7 Å². The third kappa shape index (κ3) is 3.28. The molecule has 0 aliphatic heterocycles. The molecule has 0 spiro atoms. The fraction of sp³-hybridized carbons (Fsp3) is 0.167. The summed E-state index contributed by atoms with van der Waals surface area (Å²) in [5.74, 6) is -0.182. The highest BCUT2D eigenvalue weighted by Gasteiger charge is 2.09. The van der Waals surface area contributed by atoms with Crippen molar-refractivity contribution in [3.8, 4) is 0 Å². The molecule has 0 fully saturated rings. The minimum absolute atomic E-state index is 0.182. The maximum absolute atomic E-state index is 11.8. The Morgan fingerprint density at radius 3 is 3.06 bits per heavy atom. The quantitative estimate of drug-likeness (QED) is 0.925. The Balaban J connectivity index is 1.88. The number of thiophene rings is 1. The molecule has 0 aromatic carbocycles. The van der Waals surface area contributed by atoms with Gasteiger partial charge in [-0.15, -0.1) is 0 Å². The first-order chi connectivity index (χ1) is 8.27. The topological polar surface area (TPSA) is 42.0 Å². The lowest BCUT2D eigenvalue weighted by Crippen LogP contribution is -2.25. The van der Waals surface area contributed by atoms with Gasteiger partial charge in [-0.3, -0.25) is 9.78 Å². The van der Waals surface area contributed by atoms with Gasteiger partial charge in [-0.2, -0.15) is 11.3 Å². The Labute approximate surface area is 108 Å². The lowest BCUT2D eigenvalue weighted by molar-refractivity contribution is 0.0954. The maximum Gasteiger partial charge on any atom is 0.254 e. The zero-order chi connectivity index (χ0) is 12.1. The Kier molecular flexibility index (Phi) is 4.12. The Morgan fingerprint density at radius 2 is 2.35 bits per heavy atom. The first kappa shape index (κ1) is 12.1. The number of hydrogen-bond donors (Lipinski definition) is 1. The highest BCUT2D eigenvalue weighted by atomic mass is 35.5. The van der Waals surface area contributed by atoms with Crippen LogP contribution in [0.2, 0.25) is 5.02 Å². The van der Waals surface area contributed by atoms with Gasteiger partial charge < -0.3 is 5.32 Å². The summed E-state index contributed by atoms with van der Waals surface area (Å²) in [6.07, 6.45) is 3.86. The number of pyridine rings is 1. The van der Waals surface area contributed by atoms with Crippen LogP contribution >= 0.6 is 22.9 Å². The molecular weight excluding hydrogens is 256 g/mol. The lowest BCUT2D eigenvalue weighted by Gasteiger charge is -2.05. The van der Waals surface area contributed by atoms with Crippen LogP contribution in [-0.4, -0.2) is 17.4 Å². The number of aromatic nitrogens is 1. The van der Waals surface area contributed by atoms with Gasteiger partial charge in [0.25, 0.3) is 5.91 Å². The molecule has 1 N–H and O–H groups in total. The van der Waals surface area contributed by atoms with Gasteiger partial charge in [0.1, 0.15) is 0 Å². The molecule has 5 heteroatoms. The molecule has 0 atom stereocenters. The van der Waals surface area contributed by atoms with Crippen molar-refractivity contribution in [3.05, 3.63) is 51.4 Å².